The Bertz CT molecular complexity index is 677. The lowest BCUT2D eigenvalue weighted by Gasteiger charge is -2.12. The molecule has 2 aromatic rings. The van der Waals surface area contributed by atoms with Crippen LogP contribution in [0.25, 0.3) is 0 Å². The highest BCUT2D eigenvalue weighted by atomic mass is 79.9. The van der Waals surface area contributed by atoms with Gasteiger partial charge in [0.2, 0.25) is 11.6 Å². The number of hydrogen-bond acceptors (Lipinski definition) is 5. The highest BCUT2D eigenvalue weighted by molar-refractivity contribution is 9.10. The van der Waals surface area contributed by atoms with Crippen LogP contribution in [0, 0.1) is 17.0 Å². The van der Waals surface area contributed by atoms with E-state index >= 15 is 0 Å². The van der Waals surface area contributed by atoms with Crippen molar-refractivity contribution in [2.24, 2.45) is 0 Å². The highest BCUT2D eigenvalue weighted by Gasteiger charge is 2.21. The molecule has 0 unspecified atom stereocenters. The number of nitrogens with one attached hydrogen (secondary N) is 1. The van der Waals surface area contributed by atoms with E-state index in [0.717, 1.165) is 5.56 Å². The van der Waals surface area contributed by atoms with Crippen LogP contribution in [0.4, 0.5) is 5.69 Å². The minimum atomic E-state index is -0.465. The van der Waals surface area contributed by atoms with Crippen LogP contribution in [0.5, 0.6) is 11.6 Å². The smallest absolute Gasteiger partial charge is 0.313 e. The minimum Gasteiger partial charge on any atom is -0.431 e. The lowest BCUT2D eigenvalue weighted by molar-refractivity contribution is -0.385. The van der Waals surface area contributed by atoms with Crippen molar-refractivity contribution in [2.45, 2.75) is 13.5 Å². The summed E-state index contributed by atoms with van der Waals surface area (Å²) in [5.41, 5.74) is 1.40. The van der Waals surface area contributed by atoms with E-state index in [0.29, 0.717) is 22.5 Å². The van der Waals surface area contributed by atoms with Crippen LogP contribution in [0.3, 0.4) is 0 Å². The summed E-state index contributed by atoms with van der Waals surface area (Å²) in [4.78, 5) is 14.9. The van der Waals surface area contributed by atoms with Gasteiger partial charge >= 0.3 is 5.69 Å². The number of aromatic nitrogens is 1. The van der Waals surface area contributed by atoms with Gasteiger partial charge in [0.1, 0.15) is 0 Å². The Labute approximate surface area is 130 Å². The monoisotopic (exact) mass is 351 g/mol. The maximum absolute atomic E-state index is 11.2. The molecule has 7 heteroatoms. The second kappa shape index (κ2) is 6.64. The van der Waals surface area contributed by atoms with Gasteiger partial charge in [0.15, 0.2) is 0 Å². The first kappa shape index (κ1) is 15.4. The molecule has 1 aromatic carbocycles. The van der Waals surface area contributed by atoms with Gasteiger partial charge in [0, 0.05) is 34.4 Å². The fourth-order valence-electron chi connectivity index (χ4n) is 1.92. The molecule has 1 heterocycles. The number of pyridine rings is 1. The van der Waals surface area contributed by atoms with Crippen LogP contribution in [0.2, 0.25) is 0 Å². The molecular weight excluding hydrogens is 338 g/mol. The zero-order chi connectivity index (χ0) is 15.4. The van der Waals surface area contributed by atoms with Crippen LogP contribution in [0.15, 0.2) is 34.9 Å². The van der Waals surface area contributed by atoms with Gasteiger partial charge in [-0.3, -0.25) is 10.1 Å². The molecule has 0 aliphatic rings. The Morgan fingerprint density at radius 2 is 2.24 bits per heavy atom. The molecule has 6 nitrogen and oxygen atoms in total. The first-order valence-corrected chi connectivity index (χ1v) is 7.03. The van der Waals surface area contributed by atoms with Crippen molar-refractivity contribution >= 4 is 21.6 Å². The highest BCUT2D eigenvalue weighted by Crippen LogP contribution is 2.37. The third-order valence-electron chi connectivity index (χ3n) is 2.83. The van der Waals surface area contributed by atoms with Gasteiger partial charge < -0.3 is 10.1 Å². The average Bonchev–Trinajstić information content (AvgIpc) is 2.43. The zero-order valence-corrected chi connectivity index (χ0v) is 13.2. The molecule has 1 aromatic heterocycles. The van der Waals surface area contributed by atoms with Crippen LogP contribution >= 0.6 is 15.9 Å². The molecule has 0 aliphatic carbocycles. The molecule has 2 rings (SSSR count). The molecule has 0 saturated carbocycles. The number of ether oxygens (including phenoxy) is 1. The molecular formula is C14H14BrN3O3. The molecule has 21 heavy (non-hydrogen) atoms. The lowest BCUT2D eigenvalue weighted by atomic mass is 10.2. The van der Waals surface area contributed by atoms with Crippen LogP contribution in [-0.4, -0.2) is 17.0 Å². The van der Waals surface area contributed by atoms with Gasteiger partial charge in [-0.1, -0.05) is 22.0 Å². The Morgan fingerprint density at radius 1 is 1.48 bits per heavy atom. The standard InChI is InChI=1S/C14H14BrN3O3/c1-9-6-11(15)7-12(18(19)20)13(9)21-14-10(8-16-2)4-3-5-17-14/h3-7,16H,8H2,1-2H3. The van der Waals surface area contributed by atoms with E-state index in [4.69, 9.17) is 4.74 Å². The van der Waals surface area contributed by atoms with E-state index in [-0.39, 0.29) is 11.4 Å². The predicted molar refractivity (Wildman–Crippen MR) is 82.6 cm³/mol. The second-order valence-corrected chi connectivity index (χ2v) is 5.34. The average molecular weight is 352 g/mol. The number of nitro benzene ring substituents is 1. The quantitative estimate of drug-likeness (QED) is 0.658. The van der Waals surface area contributed by atoms with Gasteiger partial charge in [0.25, 0.3) is 0 Å². The van der Waals surface area contributed by atoms with Crippen molar-refractivity contribution in [3.8, 4) is 11.6 Å². The number of hydrogen-bond donors (Lipinski definition) is 1. The molecule has 0 aliphatic heterocycles. The van der Waals surface area contributed by atoms with Crippen LogP contribution < -0.4 is 10.1 Å². The maximum atomic E-state index is 11.2. The molecule has 0 spiro atoms. The third-order valence-corrected chi connectivity index (χ3v) is 3.29. The summed E-state index contributed by atoms with van der Waals surface area (Å²) in [6.45, 7) is 2.32. The van der Waals surface area contributed by atoms with Crippen LogP contribution in [-0.2, 0) is 6.54 Å². The summed E-state index contributed by atoms with van der Waals surface area (Å²) in [6, 6.07) is 6.84. The fourth-order valence-corrected chi connectivity index (χ4v) is 2.48. The predicted octanol–water partition coefficient (Wildman–Crippen LogP) is 3.57. The van der Waals surface area contributed by atoms with Crippen molar-refractivity contribution in [1.82, 2.24) is 10.3 Å². The van der Waals surface area contributed by atoms with E-state index in [9.17, 15) is 10.1 Å². The number of nitrogens with zero attached hydrogens (tertiary/aromatic N) is 2. The molecule has 0 amide bonds. The summed E-state index contributed by atoms with van der Waals surface area (Å²) in [5.74, 6) is 0.569. The molecule has 0 radical (unpaired) electrons. The number of benzene rings is 1. The van der Waals surface area contributed by atoms with Crippen molar-refractivity contribution in [3.05, 3.63) is 56.2 Å². The van der Waals surface area contributed by atoms with E-state index in [2.05, 4.69) is 26.2 Å². The lowest BCUT2D eigenvalue weighted by Crippen LogP contribution is -2.07. The zero-order valence-electron chi connectivity index (χ0n) is 11.6. The number of halogens is 1. The maximum Gasteiger partial charge on any atom is 0.313 e. The summed E-state index contributed by atoms with van der Waals surface area (Å²) in [7, 11) is 1.81. The topological polar surface area (TPSA) is 77.3 Å². The van der Waals surface area contributed by atoms with Gasteiger partial charge in [-0.25, -0.2) is 4.98 Å². The summed E-state index contributed by atoms with van der Waals surface area (Å²) in [5, 5.41) is 14.2. The molecule has 110 valence electrons. The molecule has 0 saturated heterocycles. The molecule has 1 N–H and O–H groups in total. The Kier molecular flexibility index (Phi) is 4.87. The van der Waals surface area contributed by atoms with E-state index in [1.165, 1.54) is 6.07 Å². The van der Waals surface area contributed by atoms with Crippen LogP contribution in [0.1, 0.15) is 11.1 Å². The Morgan fingerprint density at radius 3 is 2.90 bits per heavy atom. The Hall–Kier alpha value is -1.99. The fraction of sp³-hybridized carbons (Fsp3) is 0.214. The molecule has 0 bridgehead atoms. The first-order valence-electron chi connectivity index (χ1n) is 6.23. The van der Waals surface area contributed by atoms with Crippen molar-refractivity contribution < 1.29 is 9.66 Å². The first-order chi connectivity index (χ1) is 10.0. The molecule has 0 fully saturated rings. The van der Waals surface area contributed by atoms with E-state index in [1.54, 1.807) is 25.3 Å². The summed E-state index contributed by atoms with van der Waals surface area (Å²) < 4.78 is 6.36. The number of rotatable bonds is 5. The molecule has 0 atom stereocenters. The van der Waals surface area contributed by atoms with Crippen molar-refractivity contribution in [3.63, 3.8) is 0 Å². The van der Waals surface area contributed by atoms with Gasteiger partial charge in [0.05, 0.1) is 4.92 Å². The van der Waals surface area contributed by atoms with Gasteiger partial charge in [-0.2, -0.15) is 0 Å². The summed E-state index contributed by atoms with van der Waals surface area (Å²) >= 11 is 3.25. The minimum absolute atomic E-state index is 0.0945. The van der Waals surface area contributed by atoms with Gasteiger partial charge in [-0.15, -0.1) is 0 Å². The largest absolute Gasteiger partial charge is 0.431 e. The van der Waals surface area contributed by atoms with Crippen molar-refractivity contribution in [2.75, 3.05) is 7.05 Å². The van der Waals surface area contributed by atoms with E-state index < -0.39 is 4.92 Å². The Balaban J connectivity index is 2.47. The summed E-state index contributed by atoms with van der Waals surface area (Å²) in [6.07, 6.45) is 1.59. The second-order valence-electron chi connectivity index (χ2n) is 4.43. The third kappa shape index (κ3) is 3.56. The van der Waals surface area contributed by atoms with E-state index in [1.807, 2.05) is 13.1 Å². The SMILES string of the molecule is CNCc1cccnc1Oc1c(C)cc(Br)cc1[N+](=O)[O-]. The number of nitro groups is 1. The normalized spacial score (nSPS) is 10.4. The van der Waals surface area contributed by atoms with Gasteiger partial charge in [-0.05, 0) is 26.1 Å². The van der Waals surface area contributed by atoms with Crippen molar-refractivity contribution in [1.29, 1.82) is 0 Å². The number of aryl methyl sites for hydroxylation is 1.